The highest BCUT2D eigenvalue weighted by Gasteiger charge is 2.17. The summed E-state index contributed by atoms with van der Waals surface area (Å²) in [6.07, 6.45) is 12.1. The van der Waals surface area contributed by atoms with Crippen molar-refractivity contribution < 1.29 is 4.74 Å². The van der Waals surface area contributed by atoms with E-state index in [0.29, 0.717) is 0 Å². The fourth-order valence-corrected chi connectivity index (χ4v) is 2.61. The lowest BCUT2D eigenvalue weighted by Crippen LogP contribution is -2.16. The van der Waals surface area contributed by atoms with E-state index in [0.717, 1.165) is 36.4 Å². The Balaban J connectivity index is 1.89. The zero-order valence-corrected chi connectivity index (χ0v) is 12.4. The third-order valence-electron chi connectivity index (χ3n) is 3.66. The summed E-state index contributed by atoms with van der Waals surface area (Å²) in [6, 6.07) is 10.3. The van der Waals surface area contributed by atoms with Gasteiger partial charge in [0.05, 0.1) is 5.56 Å². The van der Waals surface area contributed by atoms with Gasteiger partial charge in [-0.05, 0) is 37.3 Å². The topological polar surface area (TPSA) is 27.1 Å². The number of hydrogen-bond donors (Lipinski definition) is 0. The molecule has 0 amide bonds. The fourth-order valence-electron chi connectivity index (χ4n) is 2.61. The monoisotopic (exact) mass is 281 g/mol. The first-order valence-corrected chi connectivity index (χ1v) is 7.61. The van der Waals surface area contributed by atoms with E-state index < -0.39 is 0 Å². The summed E-state index contributed by atoms with van der Waals surface area (Å²) in [7, 11) is 0. The Morgan fingerprint density at radius 1 is 1.33 bits per heavy atom. The molecule has 2 aromatic rings. The summed E-state index contributed by atoms with van der Waals surface area (Å²) < 4.78 is 8.07. The molecule has 1 aliphatic rings. The molecule has 0 fully saturated rings. The maximum absolute atomic E-state index is 6.14. The van der Waals surface area contributed by atoms with E-state index in [9.17, 15) is 0 Å². The van der Waals surface area contributed by atoms with E-state index in [2.05, 4.69) is 42.0 Å². The van der Waals surface area contributed by atoms with Crippen LogP contribution in [0.2, 0.25) is 0 Å². The highest BCUT2D eigenvalue weighted by atomic mass is 16.5. The third kappa shape index (κ3) is 3.35. The molecule has 1 atom stereocenters. The number of ether oxygens (including phenoxy) is 1. The van der Waals surface area contributed by atoms with Gasteiger partial charge in [-0.15, -0.1) is 5.10 Å². The van der Waals surface area contributed by atoms with Crippen molar-refractivity contribution in [2.24, 2.45) is 0 Å². The van der Waals surface area contributed by atoms with Crippen molar-refractivity contribution >= 4 is 0 Å². The van der Waals surface area contributed by atoms with Crippen molar-refractivity contribution in [3.63, 3.8) is 0 Å². The van der Waals surface area contributed by atoms with Crippen molar-refractivity contribution in [2.45, 2.75) is 38.8 Å². The second-order valence-corrected chi connectivity index (χ2v) is 5.36. The Labute approximate surface area is 126 Å². The van der Waals surface area contributed by atoms with Crippen LogP contribution in [0.1, 0.15) is 26.2 Å². The third-order valence-corrected chi connectivity index (χ3v) is 3.66. The maximum atomic E-state index is 6.14. The first-order valence-electron chi connectivity index (χ1n) is 7.61. The predicted octanol–water partition coefficient (Wildman–Crippen LogP) is 4.26. The van der Waals surface area contributed by atoms with Crippen LogP contribution < -0.4 is 4.74 Å². The molecule has 0 N–H and O–H groups in total. The molecule has 21 heavy (non-hydrogen) atoms. The number of rotatable bonds is 5. The lowest BCUT2D eigenvalue weighted by atomic mass is 10.1. The van der Waals surface area contributed by atoms with E-state index in [1.54, 1.807) is 0 Å². The van der Waals surface area contributed by atoms with Gasteiger partial charge in [0.15, 0.2) is 0 Å². The van der Waals surface area contributed by atoms with Crippen molar-refractivity contribution in [3.8, 4) is 17.0 Å². The molecule has 0 saturated heterocycles. The molecule has 1 unspecified atom stereocenters. The molecular weight excluding hydrogens is 260 g/mol. The minimum Gasteiger partial charge on any atom is -0.469 e. The molecule has 3 heteroatoms. The van der Waals surface area contributed by atoms with Gasteiger partial charge in [0.25, 0.3) is 0 Å². The molecule has 3 nitrogen and oxygen atoms in total. The Kier molecular flexibility index (Phi) is 4.39. The molecule has 0 bridgehead atoms. The Morgan fingerprint density at radius 2 is 2.19 bits per heavy atom. The van der Waals surface area contributed by atoms with Crippen molar-refractivity contribution in [3.05, 3.63) is 55.1 Å². The first-order chi connectivity index (χ1) is 10.4. The average Bonchev–Trinajstić information content (AvgIpc) is 2.92. The lowest BCUT2D eigenvalue weighted by molar-refractivity contribution is 0.219. The van der Waals surface area contributed by atoms with Crippen molar-refractivity contribution in [1.29, 1.82) is 0 Å². The maximum Gasteiger partial charge on any atom is 0.241 e. The Morgan fingerprint density at radius 3 is 2.90 bits per heavy atom. The number of aromatic nitrogens is 2. The second kappa shape index (κ2) is 6.61. The van der Waals surface area contributed by atoms with E-state index in [1.807, 2.05) is 29.8 Å². The minimum atomic E-state index is 0.148. The highest BCUT2D eigenvalue weighted by Crippen LogP contribution is 2.30. The van der Waals surface area contributed by atoms with Gasteiger partial charge in [0.1, 0.15) is 6.10 Å². The molecule has 109 valence electrons. The van der Waals surface area contributed by atoms with Crippen LogP contribution in [0.5, 0.6) is 5.88 Å². The standard InChI is InChI=1S/C18H21N2O/c1-2-13-20-14-17(15-9-5-3-6-10-15)18(19-20)21-16-11-7-4-8-12-16/h2-3,5-7,9-11,14,16H,4,8,12-13H2,1H3. The summed E-state index contributed by atoms with van der Waals surface area (Å²) in [6.45, 7) is 2.83. The smallest absolute Gasteiger partial charge is 0.241 e. The van der Waals surface area contributed by atoms with Crippen LogP contribution in [-0.4, -0.2) is 15.9 Å². The number of nitrogens with zero attached hydrogens (tertiary/aromatic N) is 2. The average molecular weight is 281 g/mol. The predicted molar refractivity (Wildman–Crippen MR) is 85.0 cm³/mol. The quantitative estimate of drug-likeness (QED) is 0.766. The van der Waals surface area contributed by atoms with Gasteiger partial charge in [-0.1, -0.05) is 43.3 Å². The molecule has 0 saturated carbocycles. The number of benzene rings is 1. The first kappa shape index (κ1) is 13.9. The zero-order valence-electron chi connectivity index (χ0n) is 12.4. The van der Waals surface area contributed by atoms with Gasteiger partial charge >= 0.3 is 0 Å². The summed E-state index contributed by atoms with van der Waals surface area (Å²) in [4.78, 5) is 0. The van der Waals surface area contributed by atoms with Gasteiger partial charge < -0.3 is 4.74 Å². The number of allylic oxidation sites excluding steroid dienone is 1. The summed E-state index contributed by atoms with van der Waals surface area (Å²) in [5.41, 5.74) is 2.21. The summed E-state index contributed by atoms with van der Waals surface area (Å²) in [5, 5.41) is 4.60. The fraction of sp³-hybridized carbons (Fsp3) is 0.333. The van der Waals surface area contributed by atoms with E-state index in [4.69, 9.17) is 4.74 Å². The highest BCUT2D eigenvalue weighted by molar-refractivity contribution is 5.67. The van der Waals surface area contributed by atoms with Gasteiger partial charge in [-0.25, -0.2) is 0 Å². The molecule has 1 heterocycles. The molecule has 3 rings (SSSR count). The van der Waals surface area contributed by atoms with Crippen LogP contribution in [0.25, 0.3) is 11.1 Å². The van der Waals surface area contributed by atoms with E-state index in [1.165, 1.54) is 6.42 Å². The molecule has 1 aromatic heterocycles. The molecule has 0 spiro atoms. The Bertz CT molecular complexity index is 601. The van der Waals surface area contributed by atoms with Gasteiger partial charge in [0.2, 0.25) is 5.88 Å². The summed E-state index contributed by atoms with van der Waals surface area (Å²) in [5.74, 6) is 0.736. The largest absolute Gasteiger partial charge is 0.469 e. The summed E-state index contributed by atoms with van der Waals surface area (Å²) >= 11 is 0. The zero-order chi connectivity index (χ0) is 14.5. The van der Waals surface area contributed by atoms with Gasteiger partial charge in [-0.2, -0.15) is 0 Å². The molecule has 1 radical (unpaired) electrons. The Hall–Kier alpha value is -2.03. The van der Waals surface area contributed by atoms with Crippen molar-refractivity contribution in [2.75, 3.05) is 0 Å². The molecule has 0 aliphatic heterocycles. The second-order valence-electron chi connectivity index (χ2n) is 5.36. The molecule has 1 aliphatic carbocycles. The van der Waals surface area contributed by atoms with Crippen LogP contribution >= 0.6 is 0 Å². The minimum absolute atomic E-state index is 0.148. The van der Waals surface area contributed by atoms with Crippen molar-refractivity contribution in [1.82, 2.24) is 9.78 Å². The van der Waals surface area contributed by atoms with Gasteiger partial charge in [-0.3, -0.25) is 4.68 Å². The van der Waals surface area contributed by atoms with Crippen LogP contribution in [0.4, 0.5) is 0 Å². The van der Waals surface area contributed by atoms with Crippen LogP contribution in [-0.2, 0) is 6.54 Å². The molecular formula is C18H21N2O. The van der Waals surface area contributed by atoms with Crippen LogP contribution in [0.15, 0.2) is 48.7 Å². The normalized spacial score (nSPS) is 17.9. The molecule has 1 aromatic carbocycles. The van der Waals surface area contributed by atoms with E-state index >= 15 is 0 Å². The van der Waals surface area contributed by atoms with Gasteiger partial charge in [0, 0.05) is 12.7 Å². The van der Waals surface area contributed by atoms with E-state index in [-0.39, 0.29) is 6.10 Å². The lowest BCUT2D eigenvalue weighted by Gasteiger charge is -2.17. The SMILES string of the molecule is C[CH]Cn1cc(-c2ccccc2)c(OC2C=CCCC2)n1. The van der Waals surface area contributed by atoms with Crippen LogP contribution in [0.3, 0.4) is 0 Å². The van der Waals surface area contributed by atoms with Crippen LogP contribution in [0, 0.1) is 6.42 Å². The number of hydrogen-bond acceptors (Lipinski definition) is 2.